The van der Waals surface area contributed by atoms with E-state index < -0.39 is 0 Å². The number of piperidine rings is 1. The quantitative estimate of drug-likeness (QED) is 0.701. The van der Waals surface area contributed by atoms with E-state index in [1.807, 2.05) is 0 Å². The van der Waals surface area contributed by atoms with Gasteiger partial charge in [-0.15, -0.1) is 0 Å². The smallest absolute Gasteiger partial charge is 0.220 e. The molecular formula is C12H15NO2. The Balaban J connectivity index is 1.97. The molecule has 3 heteroatoms. The van der Waals surface area contributed by atoms with Crippen LogP contribution in [0.1, 0.15) is 37.0 Å². The molecule has 1 N–H and O–H groups in total. The number of nitrogens with one attached hydrogen (secondary N) is 1. The summed E-state index contributed by atoms with van der Waals surface area (Å²) in [7, 11) is 0. The van der Waals surface area contributed by atoms with Gasteiger partial charge in [0.05, 0.1) is 6.26 Å². The average molecular weight is 205 g/mol. The molecule has 1 aromatic heterocycles. The molecule has 3 nitrogen and oxygen atoms in total. The number of furan rings is 1. The van der Waals surface area contributed by atoms with Gasteiger partial charge in [0.15, 0.2) is 0 Å². The van der Waals surface area contributed by atoms with Crippen molar-refractivity contribution in [3.8, 4) is 0 Å². The summed E-state index contributed by atoms with van der Waals surface area (Å²) in [6.07, 6.45) is 6.83. The number of carbonyl (C=O) groups is 1. The molecule has 2 heterocycles. The van der Waals surface area contributed by atoms with Gasteiger partial charge in [-0.05, 0) is 25.3 Å². The maximum atomic E-state index is 11.2. The Morgan fingerprint density at radius 1 is 1.33 bits per heavy atom. The van der Waals surface area contributed by atoms with Crippen LogP contribution < -0.4 is 5.32 Å². The van der Waals surface area contributed by atoms with Crippen LogP contribution in [0.4, 0.5) is 0 Å². The number of carbonyl (C=O) groups excluding carboxylic acids is 1. The first-order valence-electron chi connectivity index (χ1n) is 5.64. The van der Waals surface area contributed by atoms with E-state index in [1.54, 1.807) is 6.26 Å². The van der Waals surface area contributed by atoms with Crippen molar-refractivity contribution in [2.45, 2.75) is 37.5 Å². The van der Waals surface area contributed by atoms with Gasteiger partial charge in [0.25, 0.3) is 0 Å². The van der Waals surface area contributed by atoms with Crippen LogP contribution in [0.25, 0.3) is 0 Å². The third-order valence-electron chi connectivity index (χ3n) is 3.83. The third kappa shape index (κ3) is 1.29. The molecule has 1 spiro atoms. The highest BCUT2D eigenvalue weighted by Gasteiger charge is 2.40. The summed E-state index contributed by atoms with van der Waals surface area (Å²) in [4.78, 5) is 11.2. The van der Waals surface area contributed by atoms with E-state index in [0.717, 1.165) is 25.1 Å². The van der Waals surface area contributed by atoms with Crippen molar-refractivity contribution < 1.29 is 9.21 Å². The highest BCUT2D eigenvalue weighted by Crippen LogP contribution is 2.42. The Hall–Kier alpha value is -1.25. The molecule has 0 radical (unpaired) electrons. The van der Waals surface area contributed by atoms with E-state index in [0.29, 0.717) is 6.42 Å². The topological polar surface area (TPSA) is 42.2 Å². The summed E-state index contributed by atoms with van der Waals surface area (Å²) in [6, 6.07) is 2.09. The molecule has 1 amide bonds. The van der Waals surface area contributed by atoms with Crippen molar-refractivity contribution in [2.24, 2.45) is 0 Å². The molecule has 1 saturated heterocycles. The van der Waals surface area contributed by atoms with Crippen LogP contribution in [0.5, 0.6) is 0 Å². The fourth-order valence-corrected chi connectivity index (χ4v) is 2.97. The summed E-state index contributed by atoms with van der Waals surface area (Å²) in [5.41, 5.74) is 1.52. The van der Waals surface area contributed by atoms with Crippen molar-refractivity contribution in [3.05, 3.63) is 23.7 Å². The van der Waals surface area contributed by atoms with E-state index in [-0.39, 0.29) is 11.3 Å². The first kappa shape index (κ1) is 9.01. The molecular weight excluding hydrogens is 190 g/mol. The van der Waals surface area contributed by atoms with Gasteiger partial charge in [-0.3, -0.25) is 4.79 Å². The number of hydrogen-bond acceptors (Lipinski definition) is 2. The van der Waals surface area contributed by atoms with Crippen molar-refractivity contribution in [3.63, 3.8) is 0 Å². The molecule has 15 heavy (non-hydrogen) atoms. The number of rotatable bonds is 0. The predicted molar refractivity (Wildman–Crippen MR) is 55.6 cm³/mol. The molecule has 0 bridgehead atoms. The Labute approximate surface area is 88.8 Å². The summed E-state index contributed by atoms with van der Waals surface area (Å²) in [5.74, 6) is 1.33. The van der Waals surface area contributed by atoms with Gasteiger partial charge >= 0.3 is 0 Å². The van der Waals surface area contributed by atoms with Crippen LogP contribution in [-0.2, 0) is 16.6 Å². The minimum Gasteiger partial charge on any atom is -0.469 e. The zero-order chi connectivity index (χ0) is 10.3. The summed E-state index contributed by atoms with van der Waals surface area (Å²) >= 11 is 0. The standard InChI is InChI=1S/C12H15NO2/c14-11-3-6-12(8-13-11)5-1-2-10-9(12)4-7-15-10/h4,7H,1-3,5-6,8H2,(H,13,14). The van der Waals surface area contributed by atoms with E-state index in [9.17, 15) is 4.79 Å². The molecule has 1 aliphatic carbocycles. The molecule has 3 rings (SSSR count). The molecule has 1 aromatic rings. The minimum atomic E-state index is 0.175. The zero-order valence-electron chi connectivity index (χ0n) is 8.71. The molecule has 80 valence electrons. The monoisotopic (exact) mass is 205 g/mol. The first-order valence-corrected chi connectivity index (χ1v) is 5.64. The number of aryl methyl sites for hydroxylation is 1. The SMILES string of the molecule is O=C1CCC2(CCCc3occc32)CN1. The molecule has 1 aliphatic heterocycles. The maximum absolute atomic E-state index is 11.2. The van der Waals surface area contributed by atoms with Gasteiger partial charge in [0.2, 0.25) is 5.91 Å². The van der Waals surface area contributed by atoms with Crippen LogP contribution >= 0.6 is 0 Å². The summed E-state index contributed by atoms with van der Waals surface area (Å²) < 4.78 is 5.50. The second-order valence-electron chi connectivity index (χ2n) is 4.67. The molecule has 0 aromatic carbocycles. The molecule has 1 fully saturated rings. The van der Waals surface area contributed by atoms with Crippen molar-refractivity contribution >= 4 is 5.91 Å². The number of amides is 1. The largest absolute Gasteiger partial charge is 0.469 e. The van der Waals surface area contributed by atoms with Gasteiger partial charge in [-0.1, -0.05) is 0 Å². The van der Waals surface area contributed by atoms with Gasteiger partial charge in [-0.2, -0.15) is 0 Å². The normalized spacial score (nSPS) is 30.0. The first-order chi connectivity index (χ1) is 7.30. The lowest BCUT2D eigenvalue weighted by molar-refractivity contribution is -0.123. The van der Waals surface area contributed by atoms with Crippen molar-refractivity contribution in [2.75, 3.05) is 6.54 Å². The Morgan fingerprint density at radius 2 is 2.27 bits per heavy atom. The van der Waals surface area contributed by atoms with Crippen LogP contribution in [0, 0.1) is 0 Å². The van der Waals surface area contributed by atoms with Gasteiger partial charge in [-0.25, -0.2) is 0 Å². The van der Waals surface area contributed by atoms with Crippen molar-refractivity contribution in [1.82, 2.24) is 5.32 Å². The second kappa shape index (κ2) is 3.12. The van der Waals surface area contributed by atoms with E-state index in [4.69, 9.17) is 4.42 Å². The molecule has 0 saturated carbocycles. The Bertz CT molecular complexity index is 384. The summed E-state index contributed by atoms with van der Waals surface area (Å²) in [6.45, 7) is 0.790. The van der Waals surface area contributed by atoms with Gasteiger partial charge in [0, 0.05) is 30.4 Å². The van der Waals surface area contributed by atoms with Crippen LogP contribution in [0.3, 0.4) is 0 Å². The number of fused-ring (bicyclic) bond motifs is 2. The molecule has 1 atom stereocenters. The van der Waals surface area contributed by atoms with Gasteiger partial charge in [0.1, 0.15) is 5.76 Å². The van der Waals surface area contributed by atoms with Crippen LogP contribution in [-0.4, -0.2) is 12.5 Å². The lowest BCUT2D eigenvalue weighted by Gasteiger charge is -2.39. The van der Waals surface area contributed by atoms with Gasteiger partial charge < -0.3 is 9.73 Å². The van der Waals surface area contributed by atoms with Crippen LogP contribution in [0.15, 0.2) is 16.7 Å². The fraction of sp³-hybridized carbons (Fsp3) is 0.583. The second-order valence-corrected chi connectivity index (χ2v) is 4.67. The predicted octanol–water partition coefficient (Wildman–Crippen LogP) is 1.76. The molecule has 1 unspecified atom stereocenters. The maximum Gasteiger partial charge on any atom is 0.220 e. The van der Waals surface area contributed by atoms with E-state index in [1.165, 1.54) is 18.4 Å². The van der Waals surface area contributed by atoms with E-state index in [2.05, 4.69) is 11.4 Å². The highest BCUT2D eigenvalue weighted by molar-refractivity contribution is 5.77. The highest BCUT2D eigenvalue weighted by atomic mass is 16.3. The third-order valence-corrected chi connectivity index (χ3v) is 3.83. The van der Waals surface area contributed by atoms with Crippen molar-refractivity contribution in [1.29, 1.82) is 0 Å². The minimum absolute atomic E-state index is 0.175. The Morgan fingerprint density at radius 3 is 3.07 bits per heavy atom. The lowest BCUT2D eigenvalue weighted by Crippen LogP contribution is -2.47. The Kier molecular flexibility index (Phi) is 1.87. The zero-order valence-corrected chi connectivity index (χ0v) is 8.71. The average Bonchev–Trinajstić information content (AvgIpc) is 2.72. The van der Waals surface area contributed by atoms with Crippen LogP contribution in [0.2, 0.25) is 0 Å². The van der Waals surface area contributed by atoms with E-state index >= 15 is 0 Å². The lowest BCUT2D eigenvalue weighted by atomic mass is 9.68. The molecule has 2 aliphatic rings. The number of hydrogen-bond donors (Lipinski definition) is 1. The fourth-order valence-electron chi connectivity index (χ4n) is 2.97. The summed E-state index contributed by atoms with van der Waals surface area (Å²) in [5, 5.41) is 2.99.